The van der Waals surface area contributed by atoms with E-state index in [9.17, 15) is 14.3 Å². The summed E-state index contributed by atoms with van der Waals surface area (Å²) in [7, 11) is 0. The molecule has 0 saturated heterocycles. The summed E-state index contributed by atoms with van der Waals surface area (Å²) < 4.78 is 37.4. The normalized spacial score (nSPS) is 13.6. The summed E-state index contributed by atoms with van der Waals surface area (Å²) in [4.78, 5) is 24.0. The number of fused-ring (bicyclic) bond motifs is 1. The van der Waals surface area contributed by atoms with Gasteiger partial charge in [-0.2, -0.15) is 0 Å². The first kappa shape index (κ1) is 27.1. The molecule has 2 aromatic heterocycles. The molecule has 1 fully saturated rings. The number of aromatic carboxylic acids is 1. The number of ether oxygens (including phenoxy) is 1. The molecule has 0 bridgehead atoms. The predicted molar refractivity (Wildman–Crippen MR) is 153 cm³/mol. The molecule has 2 heterocycles. The molecule has 210 valence electrons. The van der Waals surface area contributed by atoms with Gasteiger partial charge in [0.15, 0.2) is 5.69 Å². The van der Waals surface area contributed by atoms with Gasteiger partial charge in [-0.25, -0.2) is 28.4 Å². The maximum atomic E-state index is 15.5. The Balaban J connectivity index is 1.23. The van der Waals surface area contributed by atoms with E-state index in [0.29, 0.717) is 40.3 Å². The Morgan fingerprint density at radius 2 is 1.81 bits per heavy atom. The minimum absolute atomic E-state index is 0.0676. The molecule has 1 N–H and O–H groups in total. The van der Waals surface area contributed by atoms with E-state index in [-0.39, 0.29) is 35.6 Å². The molecule has 5 aromatic rings. The van der Waals surface area contributed by atoms with Gasteiger partial charge in [0.2, 0.25) is 5.88 Å². The summed E-state index contributed by atoms with van der Waals surface area (Å²) in [6, 6.07) is 19.1. The van der Waals surface area contributed by atoms with E-state index < -0.39 is 17.6 Å². The van der Waals surface area contributed by atoms with Crippen molar-refractivity contribution in [2.75, 3.05) is 0 Å². The third-order valence-corrected chi connectivity index (χ3v) is 7.68. The third kappa shape index (κ3) is 5.56. The number of halogens is 2. The van der Waals surface area contributed by atoms with Crippen molar-refractivity contribution in [2.24, 2.45) is 5.41 Å². The zero-order valence-electron chi connectivity index (χ0n) is 22.8. The second-order valence-electron chi connectivity index (χ2n) is 11.0. The molecule has 0 unspecified atom stereocenters. The third-order valence-electron chi connectivity index (χ3n) is 7.68. The Morgan fingerprint density at radius 3 is 2.52 bits per heavy atom. The summed E-state index contributed by atoms with van der Waals surface area (Å²) >= 11 is 0. The number of imidazole rings is 1. The zero-order valence-corrected chi connectivity index (χ0v) is 22.8. The standard InChI is InChI=1S/C33H26F2N4O3/c1-33(12-13-33)19-39-29-15-22(32(40)41)9-11-28(29)37-30(39)16-20-6-7-21(14-25(20)34)27-4-3-5-31(38-27)42-18-23-8-10-24(36-2)17-26(23)35/h3-11,14-15,17H,12-13,16,18-19H2,1H3,(H,40,41). The van der Waals surface area contributed by atoms with Crippen molar-refractivity contribution in [1.29, 1.82) is 0 Å². The van der Waals surface area contributed by atoms with Crippen LogP contribution in [0.1, 0.15) is 47.1 Å². The minimum Gasteiger partial charge on any atom is -0.478 e. The fraction of sp³-hybridized carbons (Fsp3) is 0.212. The quantitative estimate of drug-likeness (QED) is 0.187. The van der Waals surface area contributed by atoms with E-state index in [4.69, 9.17) is 16.3 Å². The van der Waals surface area contributed by atoms with Crippen LogP contribution in [0.5, 0.6) is 5.88 Å². The molecule has 0 amide bonds. The lowest BCUT2D eigenvalue weighted by Gasteiger charge is -2.15. The first-order valence-electron chi connectivity index (χ1n) is 13.5. The van der Waals surface area contributed by atoms with Crippen LogP contribution in [0.3, 0.4) is 0 Å². The van der Waals surface area contributed by atoms with E-state index in [0.717, 1.165) is 24.4 Å². The van der Waals surface area contributed by atoms with Gasteiger partial charge in [-0.1, -0.05) is 37.3 Å². The molecule has 42 heavy (non-hydrogen) atoms. The molecule has 0 spiro atoms. The Kier molecular flexibility index (Phi) is 6.91. The van der Waals surface area contributed by atoms with Gasteiger partial charge in [-0.15, -0.1) is 0 Å². The van der Waals surface area contributed by atoms with Crippen molar-refractivity contribution in [3.05, 3.63) is 118 Å². The average Bonchev–Trinajstić information content (AvgIpc) is 3.63. The number of hydrogen-bond donors (Lipinski definition) is 1. The Morgan fingerprint density at radius 1 is 1.02 bits per heavy atom. The van der Waals surface area contributed by atoms with Crippen molar-refractivity contribution >= 4 is 22.7 Å². The summed E-state index contributed by atoms with van der Waals surface area (Å²) in [5.41, 5.74) is 3.74. The lowest BCUT2D eigenvalue weighted by atomic mass is 10.0. The number of carbonyl (C=O) groups is 1. The molecule has 7 nitrogen and oxygen atoms in total. The van der Waals surface area contributed by atoms with Crippen LogP contribution in [0.25, 0.3) is 27.1 Å². The number of hydrogen-bond acceptors (Lipinski definition) is 4. The number of benzene rings is 3. The van der Waals surface area contributed by atoms with Crippen LogP contribution in [-0.4, -0.2) is 25.6 Å². The van der Waals surface area contributed by atoms with Crippen LogP contribution in [0.15, 0.2) is 72.8 Å². The SMILES string of the molecule is [C-]#[N+]c1ccc(COc2cccc(-c3ccc(Cc4nc5ccc(C(=O)O)cc5n4CC4(C)CC4)c(F)c3)n2)c(F)c1. The van der Waals surface area contributed by atoms with Crippen LogP contribution in [0.4, 0.5) is 14.5 Å². The lowest BCUT2D eigenvalue weighted by molar-refractivity contribution is 0.0697. The smallest absolute Gasteiger partial charge is 0.335 e. The highest BCUT2D eigenvalue weighted by molar-refractivity contribution is 5.92. The van der Waals surface area contributed by atoms with Crippen LogP contribution in [0.2, 0.25) is 0 Å². The van der Waals surface area contributed by atoms with Crippen LogP contribution in [0, 0.1) is 23.6 Å². The van der Waals surface area contributed by atoms with Crippen molar-refractivity contribution < 1.29 is 23.4 Å². The highest BCUT2D eigenvalue weighted by Crippen LogP contribution is 2.47. The molecular weight excluding hydrogens is 538 g/mol. The Labute approximate surface area is 240 Å². The number of nitrogens with zero attached hydrogens (tertiary/aromatic N) is 4. The van der Waals surface area contributed by atoms with Crippen molar-refractivity contribution in [3.63, 3.8) is 0 Å². The molecular formula is C33H26F2N4O3. The van der Waals surface area contributed by atoms with Gasteiger partial charge in [0, 0.05) is 30.2 Å². The van der Waals surface area contributed by atoms with Crippen LogP contribution in [-0.2, 0) is 19.6 Å². The second kappa shape index (κ2) is 10.7. The first-order valence-corrected chi connectivity index (χ1v) is 13.5. The average molecular weight is 565 g/mol. The van der Waals surface area contributed by atoms with Crippen LogP contribution >= 0.6 is 0 Å². The van der Waals surface area contributed by atoms with E-state index in [1.807, 2.05) is 4.57 Å². The van der Waals surface area contributed by atoms with Gasteiger partial charge < -0.3 is 14.4 Å². The highest BCUT2D eigenvalue weighted by atomic mass is 19.1. The molecule has 1 saturated carbocycles. The molecule has 0 radical (unpaired) electrons. The molecule has 9 heteroatoms. The number of carboxylic acids is 1. The van der Waals surface area contributed by atoms with Gasteiger partial charge in [0.25, 0.3) is 0 Å². The topological polar surface area (TPSA) is 81.6 Å². The van der Waals surface area contributed by atoms with Crippen LogP contribution < -0.4 is 4.74 Å². The molecule has 1 aliphatic carbocycles. The summed E-state index contributed by atoms with van der Waals surface area (Å²) in [5.74, 6) is -1.01. The summed E-state index contributed by atoms with van der Waals surface area (Å²) in [6.07, 6.45) is 2.40. The van der Waals surface area contributed by atoms with Gasteiger partial charge in [0.05, 0.1) is 28.9 Å². The van der Waals surface area contributed by atoms with Gasteiger partial charge >= 0.3 is 5.97 Å². The van der Waals surface area contributed by atoms with Crippen molar-refractivity contribution in [2.45, 2.75) is 39.3 Å². The molecule has 6 rings (SSSR count). The predicted octanol–water partition coefficient (Wildman–Crippen LogP) is 7.60. The summed E-state index contributed by atoms with van der Waals surface area (Å²) in [5, 5.41) is 9.49. The zero-order chi connectivity index (χ0) is 29.4. The minimum atomic E-state index is -1.00. The van der Waals surface area contributed by atoms with E-state index in [1.165, 1.54) is 24.3 Å². The van der Waals surface area contributed by atoms with Gasteiger partial charge in [-0.05, 0) is 60.2 Å². The van der Waals surface area contributed by atoms with Gasteiger partial charge in [-0.3, -0.25) is 0 Å². The molecule has 0 aliphatic heterocycles. The van der Waals surface area contributed by atoms with E-state index >= 15 is 4.39 Å². The Hall–Kier alpha value is -5.10. The van der Waals surface area contributed by atoms with E-state index in [1.54, 1.807) is 42.5 Å². The van der Waals surface area contributed by atoms with Gasteiger partial charge in [0.1, 0.15) is 24.1 Å². The number of pyridine rings is 1. The van der Waals surface area contributed by atoms with Crippen molar-refractivity contribution in [3.8, 4) is 17.1 Å². The number of aromatic nitrogens is 3. The second-order valence-corrected chi connectivity index (χ2v) is 11.0. The molecule has 3 aromatic carbocycles. The fourth-order valence-corrected chi connectivity index (χ4v) is 4.92. The summed E-state index contributed by atoms with van der Waals surface area (Å²) in [6.45, 7) is 9.80. The largest absolute Gasteiger partial charge is 0.478 e. The maximum absolute atomic E-state index is 15.5. The number of carboxylic acid groups (broad SMARTS) is 1. The maximum Gasteiger partial charge on any atom is 0.335 e. The number of rotatable bonds is 9. The molecule has 0 atom stereocenters. The lowest BCUT2D eigenvalue weighted by Crippen LogP contribution is -2.12. The fourth-order valence-electron chi connectivity index (χ4n) is 4.92. The monoisotopic (exact) mass is 564 g/mol. The Bertz CT molecular complexity index is 1890. The highest BCUT2D eigenvalue weighted by Gasteiger charge is 2.38. The van der Waals surface area contributed by atoms with Crippen molar-refractivity contribution in [1.82, 2.24) is 14.5 Å². The van der Waals surface area contributed by atoms with E-state index in [2.05, 4.69) is 16.8 Å². The molecule has 1 aliphatic rings. The first-order chi connectivity index (χ1) is 20.2.